The molecular formula is C10H16O3. The standard InChI is InChI=1S/C10H16O3/c1-6-4-5-7(2)9(11)8(6)10(12)13-3/h6-8H,4-5H2,1-3H3. The van der Waals surface area contributed by atoms with Crippen molar-refractivity contribution in [3.8, 4) is 0 Å². The van der Waals surface area contributed by atoms with Crippen LogP contribution in [0.4, 0.5) is 0 Å². The van der Waals surface area contributed by atoms with Crippen LogP contribution in [0, 0.1) is 17.8 Å². The summed E-state index contributed by atoms with van der Waals surface area (Å²) >= 11 is 0. The molecule has 0 amide bonds. The Bertz CT molecular complexity index is 222. The summed E-state index contributed by atoms with van der Waals surface area (Å²) in [4.78, 5) is 22.9. The maximum Gasteiger partial charge on any atom is 0.316 e. The van der Waals surface area contributed by atoms with Crippen molar-refractivity contribution in [3.63, 3.8) is 0 Å². The van der Waals surface area contributed by atoms with Gasteiger partial charge in [-0.1, -0.05) is 13.8 Å². The summed E-state index contributed by atoms with van der Waals surface area (Å²) in [7, 11) is 1.33. The Hall–Kier alpha value is -0.860. The molecule has 3 heteroatoms. The normalized spacial score (nSPS) is 34.4. The van der Waals surface area contributed by atoms with Gasteiger partial charge in [0.2, 0.25) is 0 Å². The van der Waals surface area contributed by atoms with Crippen LogP contribution in [0.5, 0.6) is 0 Å². The van der Waals surface area contributed by atoms with E-state index in [2.05, 4.69) is 4.74 Å². The smallest absolute Gasteiger partial charge is 0.316 e. The highest BCUT2D eigenvalue weighted by Gasteiger charge is 2.39. The van der Waals surface area contributed by atoms with Gasteiger partial charge < -0.3 is 4.74 Å². The van der Waals surface area contributed by atoms with Crippen LogP contribution in [0.25, 0.3) is 0 Å². The van der Waals surface area contributed by atoms with E-state index in [-0.39, 0.29) is 23.6 Å². The molecule has 13 heavy (non-hydrogen) atoms. The van der Waals surface area contributed by atoms with Gasteiger partial charge in [-0.2, -0.15) is 0 Å². The van der Waals surface area contributed by atoms with Crippen molar-refractivity contribution in [2.24, 2.45) is 17.8 Å². The van der Waals surface area contributed by atoms with Crippen molar-refractivity contribution in [1.82, 2.24) is 0 Å². The summed E-state index contributed by atoms with van der Waals surface area (Å²) in [6.07, 6.45) is 1.83. The zero-order chi connectivity index (χ0) is 10.0. The van der Waals surface area contributed by atoms with Gasteiger partial charge in [0.1, 0.15) is 11.7 Å². The molecule has 3 unspecified atom stereocenters. The third-order valence-corrected chi connectivity index (χ3v) is 2.87. The molecule has 1 aliphatic rings. The number of hydrogen-bond donors (Lipinski definition) is 0. The van der Waals surface area contributed by atoms with Crippen molar-refractivity contribution in [2.75, 3.05) is 7.11 Å². The fraction of sp³-hybridized carbons (Fsp3) is 0.800. The quantitative estimate of drug-likeness (QED) is 0.457. The van der Waals surface area contributed by atoms with Crippen LogP contribution in [0.1, 0.15) is 26.7 Å². The summed E-state index contributed by atoms with van der Waals surface area (Å²) < 4.78 is 4.62. The van der Waals surface area contributed by atoms with Gasteiger partial charge >= 0.3 is 5.97 Å². The van der Waals surface area contributed by atoms with E-state index in [4.69, 9.17) is 0 Å². The van der Waals surface area contributed by atoms with Gasteiger partial charge in [0.15, 0.2) is 0 Å². The van der Waals surface area contributed by atoms with Gasteiger partial charge in [0, 0.05) is 5.92 Å². The summed E-state index contributed by atoms with van der Waals surface area (Å²) in [5.41, 5.74) is 0. The second-order valence-corrected chi connectivity index (χ2v) is 3.86. The molecule has 0 aromatic rings. The van der Waals surface area contributed by atoms with Crippen LogP contribution < -0.4 is 0 Å². The first-order valence-corrected chi connectivity index (χ1v) is 4.69. The largest absolute Gasteiger partial charge is 0.468 e. The number of carbonyl (C=O) groups excluding carboxylic acids is 2. The Labute approximate surface area is 78.5 Å². The van der Waals surface area contributed by atoms with Crippen LogP contribution in [0.2, 0.25) is 0 Å². The molecule has 1 aliphatic carbocycles. The molecule has 0 heterocycles. The summed E-state index contributed by atoms with van der Waals surface area (Å²) in [5.74, 6) is -0.695. The van der Waals surface area contributed by atoms with Crippen molar-refractivity contribution in [3.05, 3.63) is 0 Å². The Morgan fingerprint density at radius 1 is 1.38 bits per heavy atom. The molecule has 0 aromatic carbocycles. The number of carbonyl (C=O) groups is 2. The van der Waals surface area contributed by atoms with Crippen molar-refractivity contribution in [1.29, 1.82) is 0 Å². The summed E-state index contributed by atoms with van der Waals surface area (Å²) in [6.45, 7) is 3.82. The van der Waals surface area contributed by atoms with Crippen LogP contribution in [0.15, 0.2) is 0 Å². The van der Waals surface area contributed by atoms with Crippen LogP contribution in [-0.2, 0) is 14.3 Å². The molecule has 0 radical (unpaired) electrons. The minimum Gasteiger partial charge on any atom is -0.468 e. The number of methoxy groups -OCH3 is 1. The fourth-order valence-corrected chi connectivity index (χ4v) is 1.88. The molecule has 1 fully saturated rings. The molecule has 0 saturated heterocycles. The maximum absolute atomic E-state index is 11.6. The van der Waals surface area contributed by atoms with Crippen molar-refractivity contribution >= 4 is 11.8 Å². The lowest BCUT2D eigenvalue weighted by Crippen LogP contribution is -2.38. The molecule has 1 saturated carbocycles. The fourth-order valence-electron chi connectivity index (χ4n) is 1.88. The summed E-state index contributed by atoms with van der Waals surface area (Å²) in [6, 6.07) is 0. The van der Waals surface area contributed by atoms with E-state index >= 15 is 0 Å². The molecule has 74 valence electrons. The Morgan fingerprint density at radius 2 is 2.00 bits per heavy atom. The first kappa shape index (κ1) is 10.2. The molecule has 3 atom stereocenters. The van der Waals surface area contributed by atoms with Crippen LogP contribution in [-0.4, -0.2) is 18.9 Å². The maximum atomic E-state index is 11.6. The van der Waals surface area contributed by atoms with Gasteiger partial charge in [-0.15, -0.1) is 0 Å². The highest BCUT2D eigenvalue weighted by atomic mass is 16.5. The number of ketones is 1. The minimum absolute atomic E-state index is 0.0142. The zero-order valence-corrected chi connectivity index (χ0v) is 8.37. The number of hydrogen-bond acceptors (Lipinski definition) is 3. The first-order valence-electron chi connectivity index (χ1n) is 4.69. The average Bonchev–Trinajstić information content (AvgIpc) is 2.12. The molecule has 3 nitrogen and oxygen atoms in total. The molecule has 0 spiro atoms. The van der Waals surface area contributed by atoms with Crippen molar-refractivity contribution < 1.29 is 14.3 Å². The van der Waals surface area contributed by atoms with E-state index in [9.17, 15) is 9.59 Å². The molecule has 0 N–H and O–H groups in total. The van der Waals surface area contributed by atoms with E-state index in [1.165, 1.54) is 7.11 Å². The van der Waals surface area contributed by atoms with E-state index < -0.39 is 5.92 Å². The zero-order valence-electron chi connectivity index (χ0n) is 8.37. The molecule has 0 bridgehead atoms. The number of rotatable bonds is 1. The number of ether oxygens (including phenoxy) is 1. The van der Waals surface area contributed by atoms with Gasteiger partial charge in [0.25, 0.3) is 0 Å². The Morgan fingerprint density at radius 3 is 2.54 bits per heavy atom. The second-order valence-electron chi connectivity index (χ2n) is 3.86. The monoisotopic (exact) mass is 184 g/mol. The number of Topliss-reactive ketones (excluding diaryl/α,β-unsaturated/α-hetero) is 1. The van der Waals surface area contributed by atoms with Crippen LogP contribution >= 0.6 is 0 Å². The van der Waals surface area contributed by atoms with Crippen LogP contribution in [0.3, 0.4) is 0 Å². The van der Waals surface area contributed by atoms with Gasteiger partial charge in [-0.25, -0.2) is 0 Å². The van der Waals surface area contributed by atoms with E-state index in [1.807, 2.05) is 13.8 Å². The Kier molecular flexibility index (Phi) is 3.07. The lowest BCUT2D eigenvalue weighted by Gasteiger charge is -2.29. The lowest BCUT2D eigenvalue weighted by molar-refractivity contribution is -0.154. The third kappa shape index (κ3) is 1.90. The number of esters is 1. The van der Waals surface area contributed by atoms with Crippen molar-refractivity contribution in [2.45, 2.75) is 26.7 Å². The predicted octanol–water partition coefficient (Wildman–Crippen LogP) is 1.41. The molecule has 0 aromatic heterocycles. The third-order valence-electron chi connectivity index (χ3n) is 2.87. The summed E-state index contributed by atoms with van der Waals surface area (Å²) in [5, 5.41) is 0. The van der Waals surface area contributed by atoms with Gasteiger partial charge in [0.05, 0.1) is 7.11 Å². The minimum atomic E-state index is -0.520. The van der Waals surface area contributed by atoms with E-state index in [0.717, 1.165) is 12.8 Å². The SMILES string of the molecule is COC(=O)C1C(=O)C(C)CCC1C. The predicted molar refractivity (Wildman–Crippen MR) is 48.1 cm³/mol. The highest BCUT2D eigenvalue weighted by Crippen LogP contribution is 2.31. The topological polar surface area (TPSA) is 43.4 Å². The highest BCUT2D eigenvalue weighted by molar-refractivity contribution is 6.00. The van der Waals surface area contributed by atoms with Gasteiger partial charge in [-0.3, -0.25) is 9.59 Å². The van der Waals surface area contributed by atoms with Gasteiger partial charge in [-0.05, 0) is 18.8 Å². The van der Waals surface area contributed by atoms with E-state index in [1.54, 1.807) is 0 Å². The van der Waals surface area contributed by atoms with E-state index in [0.29, 0.717) is 0 Å². The molecule has 1 rings (SSSR count). The Balaban J connectivity index is 2.78. The molecular weight excluding hydrogens is 168 g/mol. The first-order chi connectivity index (χ1) is 6.07. The average molecular weight is 184 g/mol. The molecule has 0 aliphatic heterocycles. The second kappa shape index (κ2) is 3.90. The lowest BCUT2D eigenvalue weighted by atomic mass is 9.74.